The molecule has 1 aromatic heterocycles. The van der Waals surface area contributed by atoms with Crippen LogP contribution in [0.2, 0.25) is 0 Å². The summed E-state index contributed by atoms with van der Waals surface area (Å²) in [6.45, 7) is 1.48. The Morgan fingerprint density at radius 1 is 1.00 bits per heavy atom. The van der Waals surface area contributed by atoms with Gasteiger partial charge in [0.2, 0.25) is 5.13 Å². The van der Waals surface area contributed by atoms with E-state index in [9.17, 15) is 0 Å². The summed E-state index contributed by atoms with van der Waals surface area (Å²) < 4.78 is 10.5. The van der Waals surface area contributed by atoms with E-state index in [2.05, 4.69) is 15.3 Å². The van der Waals surface area contributed by atoms with Crippen LogP contribution in [0.15, 0.2) is 58.5 Å². The molecule has 8 heteroatoms. The number of nitrogens with zero attached hydrogens (tertiary/aromatic N) is 3. The van der Waals surface area contributed by atoms with Crippen LogP contribution < -0.4 is 20.5 Å². The Hall–Kier alpha value is -3.39. The van der Waals surface area contributed by atoms with Crippen LogP contribution in [0.1, 0.15) is 0 Å². The lowest BCUT2D eigenvalue weighted by Gasteiger charge is -2.05. The van der Waals surface area contributed by atoms with Gasteiger partial charge in [-0.2, -0.15) is 4.99 Å². The van der Waals surface area contributed by atoms with Gasteiger partial charge >= 0.3 is 0 Å². The van der Waals surface area contributed by atoms with Crippen LogP contribution in [0.25, 0.3) is 21.7 Å². The van der Waals surface area contributed by atoms with Crippen molar-refractivity contribution in [3.05, 3.63) is 48.5 Å². The molecule has 7 nitrogen and oxygen atoms in total. The van der Waals surface area contributed by atoms with Crippen LogP contribution >= 0.6 is 11.3 Å². The molecule has 1 aliphatic rings. The number of nitrogens with two attached hydrogens (primary N) is 1. The Kier molecular flexibility index (Phi) is 5.44. The monoisotopic (exact) mass is 407 g/mol. The van der Waals surface area contributed by atoms with Gasteiger partial charge in [0, 0.05) is 12.1 Å². The average molecular weight is 407 g/mol. The summed E-state index contributed by atoms with van der Waals surface area (Å²) in [7, 11) is 3.30. The molecular weight excluding hydrogens is 386 g/mol. The first-order valence-corrected chi connectivity index (χ1v) is 9.92. The van der Waals surface area contributed by atoms with Gasteiger partial charge < -0.3 is 20.5 Å². The highest BCUT2D eigenvalue weighted by Crippen LogP contribution is 2.41. The van der Waals surface area contributed by atoms with Crippen molar-refractivity contribution in [3.8, 4) is 33.2 Å². The standard InChI is InChI=1S/C21H21N5O2S/c1-27-15-7-3-13(4-8-15)17-18(14-5-9-16(28-2)10-6-14)29-21(25-17)26-19(22)20-23-11-12-24-20/h3-10H,11-12H2,1-2H3,(H,23,24)(H2,22,25,26). The molecule has 0 radical (unpaired) electrons. The normalized spacial score (nSPS) is 13.7. The van der Waals surface area contributed by atoms with Crippen molar-refractivity contribution in [2.24, 2.45) is 15.7 Å². The maximum Gasteiger partial charge on any atom is 0.212 e. The van der Waals surface area contributed by atoms with E-state index in [1.54, 1.807) is 14.2 Å². The molecule has 0 saturated carbocycles. The van der Waals surface area contributed by atoms with Crippen molar-refractivity contribution < 1.29 is 9.47 Å². The smallest absolute Gasteiger partial charge is 0.212 e. The van der Waals surface area contributed by atoms with Crippen molar-refractivity contribution in [1.82, 2.24) is 10.3 Å². The highest BCUT2D eigenvalue weighted by atomic mass is 32.1. The number of nitrogens with one attached hydrogen (secondary N) is 1. The first-order valence-electron chi connectivity index (χ1n) is 9.10. The van der Waals surface area contributed by atoms with Gasteiger partial charge in [0.1, 0.15) is 11.5 Å². The number of rotatable bonds is 6. The van der Waals surface area contributed by atoms with E-state index in [-0.39, 0.29) is 0 Å². The Morgan fingerprint density at radius 3 is 2.17 bits per heavy atom. The molecule has 2 aromatic carbocycles. The number of amidine groups is 2. The van der Waals surface area contributed by atoms with Gasteiger partial charge in [0.05, 0.1) is 31.3 Å². The number of ether oxygens (including phenoxy) is 2. The lowest BCUT2D eigenvalue weighted by Crippen LogP contribution is -2.33. The second-order valence-corrected chi connectivity index (χ2v) is 7.26. The van der Waals surface area contributed by atoms with Gasteiger partial charge in [-0.1, -0.05) is 11.3 Å². The lowest BCUT2D eigenvalue weighted by atomic mass is 10.1. The molecule has 0 fully saturated rings. The highest BCUT2D eigenvalue weighted by Gasteiger charge is 2.17. The highest BCUT2D eigenvalue weighted by molar-refractivity contribution is 7.19. The number of aliphatic imine (C=N–C) groups is 2. The molecule has 29 heavy (non-hydrogen) atoms. The third kappa shape index (κ3) is 4.07. The van der Waals surface area contributed by atoms with Gasteiger partial charge in [0.25, 0.3) is 0 Å². The van der Waals surface area contributed by atoms with E-state index in [0.717, 1.165) is 39.7 Å². The third-order valence-corrected chi connectivity index (χ3v) is 5.46. The lowest BCUT2D eigenvalue weighted by molar-refractivity contribution is 0.414. The predicted molar refractivity (Wildman–Crippen MR) is 118 cm³/mol. The molecule has 148 valence electrons. The minimum Gasteiger partial charge on any atom is -0.497 e. The molecule has 0 bridgehead atoms. The van der Waals surface area contributed by atoms with Gasteiger partial charge in [-0.05, 0) is 54.1 Å². The molecular formula is C21H21N5O2S. The maximum atomic E-state index is 6.11. The van der Waals surface area contributed by atoms with Crippen LogP contribution in [-0.4, -0.2) is 44.0 Å². The first kappa shape index (κ1) is 18.9. The third-order valence-electron chi connectivity index (χ3n) is 4.46. The number of thiazole rings is 1. The topological polar surface area (TPSA) is 94.1 Å². The molecule has 1 aliphatic heterocycles. The second-order valence-electron chi connectivity index (χ2n) is 6.29. The quantitative estimate of drug-likeness (QED) is 0.482. The fourth-order valence-electron chi connectivity index (χ4n) is 2.96. The SMILES string of the molecule is COc1ccc(-c2nc(/N=C(\N)C3=NCCN3)sc2-c2ccc(OC)cc2)cc1. The second kappa shape index (κ2) is 8.32. The van der Waals surface area contributed by atoms with Crippen molar-refractivity contribution >= 4 is 28.1 Å². The maximum absolute atomic E-state index is 6.11. The molecule has 0 spiro atoms. The summed E-state index contributed by atoms with van der Waals surface area (Å²) >= 11 is 1.48. The molecule has 0 amide bonds. The Morgan fingerprint density at radius 2 is 1.62 bits per heavy atom. The van der Waals surface area contributed by atoms with Crippen LogP contribution in [0.5, 0.6) is 11.5 Å². The molecule has 0 saturated heterocycles. The number of benzene rings is 2. The van der Waals surface area contributed by atoms with Crippen LogP contribution in [0, 0.1) is 0 Å². The zero-order valence-corrected chi connectivity index (χ0v) is 17.0. The van der Waals surface area contributed by atoms with Crippen molar-refractivity contribution in [2.75, 3.05) is 27.3 Å². The number of hydrogen-bond donors (Lipinski definition) is 2. The Bertz CT molecular complexity index is 991. The summed E-state index contributed by atoms with van der Waals surface area (Å²) in [6.07, 6.45) is 0. The summed E-state index contributed by atoms with van der Waals surface area (Å²) in [5, 5.41) is 3.71. The predicted octanol–water partition coefficient (Wildman–Crippen LogP) is 3.48. The van der Waals surface area contributed by atoms with E-state index >= 15 is 0 Å². The number of methoxy groups -OCH3 is 2. The molecule has 4 rings (SSSR count). The zero-order valence-electron chi connectivity index (χ0n) is 16.2. The first-order chi connectivity index (χ1) is 14.2. The van der Waals surface area contributed by atoms with Gasteiger partial charge in [-0.15, -0.1) is 0 Å². The Labute approximate surface area is 172 Å². The van der Waals surface area contributed by atoms with Gasteiger partial charge in [-0.25, -0.2) is 4.98 Å². The summed E-state index contributed by atoms with van der Waals surface area (Å²) in [4.78, 5) is 14.6. The van der Waals surface area contributed by atoms with E-state index in [1.165, 1.54) is 11.3 Å². The molecule has 0 aliphatic carbocycles. The van der Waals surface area contributed by atoms with E-state index in [4.69, 9.17) is 20.2 Å². The molecule has 0 atom stereocenters. The minimum atomic E-state index is 0.346. The number of hydrogen-bond acceptors (Lipinski definition) is 7. The largest absolute Gasteiger partial charge is 0.497 e. The molecule has 0 unspecified atom stereocenters. The summed E-state index contributed by atoms with van der Waals surface area (Å²) in [6, 6.07) is 15.7. The van der Waals surface area contributed by atoms with Gasteiger partial charge in [-0.3, -0.25) is 4.99 Å². The minimum absolute atomic E-state index is 0.346. The number of aromatic nitrogens is 1. The Balaban J connectivity index is 1.77. The van der Waals surface area contributed by atoms with Crippen molar-refractivity contribution in [2.45, 2.75) is 0 Å². The zero-order chi connectivity index (χ0) is 20.2. The average Bonchev–Trinajstić information content (AvgIpc) is 3.44. The molecule has 3 N–H and O–H groups in total. The van der Waals surface area contributed by atoms with Crippen molar-refractivity contribution in [1.29, 1.82) is 0 Å². The van der Waals surface area contributed by atoms with E-state index in [1.807, 2.05) is 48.5 Å². The molecule has 2 heterocycles. The van der Waals surface area contributed by atoms with Crippen LogP contribution in [0.4, 0.5) is 5.13 Å². The van der Waals surface area contributed by atoms with Gasteiger partial charge in [0.15, 0.2) is 11.7 Å². The van der Waals surface area contributed by atoms with Crippen LogP contribution in [-0.2, 0) is 0 Å². The van der Waals surface area contributed by atoms with Crippen molar-refractivity contribution in [3.63, 3.8) is 0 Å². The van der Waals surface area contributed by atoms with Crippen LogP contribution in [0.3, 0.4) is 0 Å². The van der Waals surface area contributed by atoms with E-state index < -0.39 is 0 Å². The fourth-order valence-corrected chi connectivity index (χ4v) is 3.94. The van der Waals surface area contributed by atoms with E-state index in [0.29, 0.717) is 23.3 Å². The summed E-state index contributed by atoms with van der Waals surface area (Å²) in [5.74, 6) is 2.57. The molecule has 3 aromatic rings. The summed E-state index contributed by atoms with van der Waals surface area (Å²) in [5.41, 5.74) is 8.97. The fraction of sp³-hybridized carbons (Fsp3) is 0.190.